The predicted octanol–water partition coefficient (Wildman–Crippen LogP) is 6.51. The van der Waals surface area contributed by atoms with Crippen molar-refractivity contribution in [3.05, 3.63) is 86.8 Å². The smallest absolute Gasteiger partial charge is 0.0747 e. The van der Waals surface area contributed by atoms with Crippen molar-refractivity contribution < 1.29 is 0 Å². The molecule has 5 rings (SSSR count). The maximum Gasteiger partial charge on any atom is 0.0747 e. The van der Waals surface area contributed by atoms with E-state index < -0.39 is 0 Å². The largest absolute Gasteiger partial charge is 0.320 e. The molecular weight excluding hydrogens is 436 g/mol. The lowest BCUT2D eigenvalue weighted by atomic mass is 9.95. The van der Waals surface area contributed by atoms with Gasteiger partial charge in [0.25, 0.3) is 0 Å². The highest BCUT2D eigenvalue weighted by Crippen LogP contribution is 2.46. The van der Waals surface area contributed by atoms with E-state index in [4.69, 9.17) is 5.41 Å². The maximum absolute atomic E-state index is 7.55. The molecule has 4 N–H and O–H groups in total. The lowest BCUT2D eigenvalue weighted by molar-refractivity contribution is 0.592. The number of aryl methyl sites for hydroxylation is 1. The van der Waals surface area contributed by atoms with Gasteiger partial charge >= 0.3 is 0 Å². The number of benzene rings is 2. The quantitative estimate of drug-likeness (QED) is 0.202. The molecule has 0 saturated heterocycles. The summed E-state index contributed by atoms with van der Waals surface area (Å²) in [5.41, 5.74) is 17.0. The minimum atomic E-state index is 0.185. The topological polar surface area (TPSA) is 59.9 Å². The molecule has 2 heterocycles. The number of unbranched alkanes of at least 4 members (excludes halogenated alkanes) is 3. The molecule has 1 aliphatic heterocycles. The first-order valence-electron chi connectivity index (χ1n) is 12.5. The fraction of sp³-hybridized carbons (Fsp3) is 0.345. The lowest BCUT2D eigenvalue weighted by Gasteiger charge is -2.16. The molecule has 0 bridgehead atoms. The summed E-state index contributed by atoms with van der Waals surface area (Å²) in [5.74, 6) is 0. The first-order valence-corrected chi connectivity index (χ1v) is 13.3. The number of hydrogen-bond acceptors (Lipinski definition) is 5. The standard InChI is InChI=1S/C29H34N4S/c1-3-4-5-6-13-31-18-20-7-9-21(10-8-20)26-15-24-27(34-26)16-25-28(32-33-29(24)25)22-11-12-23(17-30)19(2)14-22/h7-12,14-15,17,28,30-33H,3-6,13,16,18H2,1-2H3. The highest BCUT2D eigenvalue weighted by atomic mass is 32.1. The van der Waals surface area contributed by atoms with Gasteiger partial charge in [0, 0.05) is 34.5 Å². The average Bonchev–Trinajstić information content (AvgIpc) is 3.53. The van der Waals surface area contributed by atoms with Crippen LogP contribution in [0.5, 0.6) is 0 Å². The van der Waals surface area contributed by atoms with E-state index in [1.165, 1.54) is 75.2 Å². The Bertz CT molecular complexity index is 1210. The highest BCUT2D eigenvalue weighted by Gasteiger charge is 2.34. The summed E-state index contributed by atoms with van der Waals surface area (Å²) in [5, 5.41) is 11.1. The second-order valence-electron chi connectivity index (χ2n) is 9.42. The van der Waals surface area contributed by atoms with Crippen LogP contribution >= 0.6 is 11.3 Å². The van der Waals surface area contributed by atoms with Gasteiger partial charge in [0.05, 0.1) is 11.7 Å². The van der Waals surface area contributed by atoms with Crippen LogP contribution in [0.15, 0.2) is 54.1 Å². The zero-order chi connectivity index (χ0) is 23.5. The van der Waals surface area contributed by atoms with Gasteiger partial charge in [0.1, 0.15) is 0 Å². The molecule has 0 fully saturated rings. The number of thiophene rings is 1. The fourth-order valence-corrected chi connectivity index (χ4v) is 6.19. The molecule has 0 spiro atoms. The van der Waals surface area contributed by atoms with Gasteiger partial charge in [0.15, 0.2) is 0 Å². The van der Waals surface area contributed by atoms with Crippen molar-refractivity contribution in [3.63, 3.8) is 0 Å². The van der Waals surface area contributed by atoms with E-state index in [-0.39, 0.29) is 6.04 Å². The Morgan fingerprint density at radius 2 is 1.94 bits per heavy atom. The van der Waals surface area contributed by atoms with Gasteiger partial charge in [-0.25, -0.2) is 5.43 Å². The third kappa shape index (κ3) is 4.61. The first-order chi connectivity index (χ1) is 16.7. The van der Waals surface area contributed by atoms with Crippen LogP contribution in [0.2, 0.25) is 0 Å². The van der Waals surface area contributed by atoms with E-state index in [9.17, 15) is 0 Å². The summed E-state index contributed by atoms with van der Waals surface area (Å²) in [6.45, 7) is 6.38. The Morgan fingerprint density at radius 3 is 2.71 bits per heavy atom. The summed E-state index contributed by atoms with van der Waals surface area (Å²) in [6, 6.07) is 18.0. The second kappa shape index (κ2) is 10.3. The van der Waals surface area contributed by atoms with Crippen molar-refractivity contribution in [2.75, 3.05) is 6.54 Å². The Labute approximate surface area is 207 Å². The average molecular weight is 471 g/mol. The molecular formula is C29H34N4S. The normalized spacial score (nSPS) is 16.5. The molecule has 2 aromatic carbocycles. The van der Waals surface area contributed by atoms with E-state index in [2.05, 4.69) is 72.5 Å². The van der Waals surface area contributed by atoms with Crippen LogP contribution in [-0.4, -0.2) is 12.8 Å². The van der Waals surface area contributed by atoms with E-state index in [1.807, 2.05) is 17.4 Å². The van der Waals surface area contributed by atoms with Gasteiger partial charge in [-0.15, -0.1) is 11.3 Å². The third-order valence-corrected chi connectivity index (χ3v) is 8.18. The molecule has 176 valence electrons. The molecule has 4 nitrogen and oxygen atoms in total. The molecule has 1 atom stereocenters. The Morgan fingerprint density at radius 1 is 1.09 bits per heavy atom. The number of hydrazine groups is 1. The number of rotatable bonds is 10. The second-order valence-corrected chi connectivity index (χ2v) is 10.6. The fourth-order valence-electron chi connectivity index (χ4n) is 5.00. The SMILES string of the molecule is CCCCCCNCc1ccc(-c2cc3c(s2)CC2=C3NNC2c2ccc(C=N)c(C)c2)cc1. The molecule has 0 radical (unpaired) electrons. The van der Waals surface area contributed by atoms with Crippen molar-refractivity contribution in [2.24, 2.45) is 0 Å². The van der Waals surface area contributed by atoms with Gasteiger partial charge in [-0.1, -0.05) is 68.7 Å². The zero-order valence-corrected chi connectivity index (χ0v) is 20.9. The summed E-state index contributed by atoms with van der Waals surface area (Å²) >= 11 is 1.92. The van der Waals surface area contributed by atoms with E-state index in [0.29, 0.717) is 0 Å². The zero-order valence-electron chi connectivity index (χ0n) is 20.1. The Hall–Kier alpha value is -2.73. The molecule has 0 saturated carbocycles. The van der Waals surface area contributed by atoms with E-state index in [0.717, 1.165) is 30.6 Å². The lowest BCUT2D eigenvalue weighted by Crippen LogP contribution is -2.27. The summed E-state index contributed by atoms with van der Waals surface area (Å²) < 4.78 is 0. The van der Waals surface area contributed by atoms with Gasteiger partial charge in [-0.3, -0.25) is 0 Å². The number of hydrogen-bond donors (Lipinski definition) is 4. The van der Waals surface area contributed by atoms with Crippen molar-refractivity contribution in [1.82, 2.24) is 16.2 Å². The van der Waals surface area contributed by atoms with Crippen molar-refractivity contribution >= 4 is 23.2 Å². The predicted molar refractivity (Wildman–Crippen MR) is 144 cm³/mol. The number of nitrogens with one attached hydrogen (secondary N) is 4. The van der Waals surface area contributed by atoms with Crippen LogP contribution in [0, 0.1) is 12.3 Å². The number of fused-ring (bicyclic) bond motifs is 2. The Balaban J connectivity index is 1.25. The summed E-state index contributed by atoms with van der Waals surface area (Å²) in [6.07, 6.45) is 7.64. The van der Waals surface area contributed by atoms with Crippen LogP contribution in [-0.2, 0) is 13.0 Å². The van der Waals surface area contributed by atoms with Gasteiger partial charge in [-0.2, -0.15) is 0 Å². The molecule has 3 aromatic rings. The first kappa shape index (κ1) is 23.0. The molecule has 5 heteroatoms. The molecule has 2 aliphatic rings. The molecule has 1 unspecified atom stereocenters. The van der Waals surface area contributed by atoms with Gasteiger partial charge in [-0.05, 0) is 59.3 Å². The molecule has 1 aromatic heterocycles. The molecule has 34 heavy (non-hydrogen) atoms. The van der Waals surface area contributed by atoms with Gasteiger partial charge in [0.2, 0.25) is 0 Å². The minimum Gasteiger partial charge on any atom is -0.320 e. The van der Waals surface area contributed by atoms with E-state index >= 15 is 0 Å². The van der Waals surface area contributed by atoms with Crippen LogP contribution in [0.4, 0.5) is 0 Å². The summed E-state index contributed by atoms with van der Waals surface area (Å²) in [4.78, 5) is 2.79. The van der Waals surface area contributed by atoms with Crippen LogP contribution in [0.1, 0.15) is 71.3 Å². The van der Waals surface area contributed by atoms with E-state index in [1.54, 1.807) is 0 Å². The van der Waals surface area contributed by atoms with Crippen molar-refractivity contribution in [2.45, 2.75) is 58.5 Å². The monoisotopic (exact) mass is 470 g/mol. The van der Waals surface area contributed by atoms with Crippen LogP contribution in [0.25, 0.3) is 16.1 Å². The molecule has 0 amide bonds. The van der Waals surface area contributed by atoms with Crippen molar-refractivity contribution in [1.29, 1.82) is 5.41 Å². The van der Waals surface area contributed by atoms with Crippen LogP contribution in [0.3, 0.4) is 0 Å². The van der Waals surface area contributed by atoms with Gasteiger partial charge < -0.3 is 16.2 Å². The Kier molecular flexibility index (Phi) is 6.95. The van der Waals surface area contributed by atoms with Crippen LogP contribution < -0.4 is 16.2 Å². The maximum atomic E-state index is 7.55. The summed E-state index contributed by atoms with van der Waals surface area (Å²) in [7, 11) is 0. The minimum absolute atomic E-state index is 0.185. The highest BCUT2D eigenvalue weighted by molar-refractivity contribution is 7.15. The third-order valence-electron chi connectivity index (χ3n) is 7.00. The van der Waals surface area contributed by atoms with Crippen molar-refractivity contribution in [3.8, 4) is 10.4 Å². The molecule has 1 aliphatic carbocycles.